The largest absolute Gasteiger partial charge is 0.337 e. The van der Waals surface area contributed by atoms with Crippen LogP contribution in [0.2, 0.25) is 0 Å². The van der Waals surface area contributed by atoms with Gasteiger partial charge in [0, 0.05) is 23.5 Å². The Labute approximate surface area is 134 Å². The Morgan fingerprint density at radius 1 is 1.14 bits per heavy atom. The van der Waals surface area contributed by atoms with E-state index in [0.29, 0.717) is 22.3 Å². The maximum atomic E-state index is 13.9. The lowest BCUT2D eigenvalue weighted by Gasteiger charge is -2.34. The van der Waals surface area contributed by atoms with E-state index in [1.54, 1.807) is 12.1 Å². The summed E-state index contributed by atoms with van der Waals surface area (Å²) in [6.07, 6.45) is 1.18. The third kappa shape index (κ3) is 3.07. The molecule has 22 heavy (non-hydrogen) atoms. The second kappa shape index (κ2) is 6.21. The van der Waals surface area contributed by atoms with Crippen molar-refractivity contribution in [3.8, 4) is 10.4 Å². The summed E-state index contributed by atoms with van der Waals surface area (Å²) in [5.41, 5.74) is 0.562. The van der Waals surface area contributed by atoms with Gasteiger partial charge in [-0.15, -0.1) is 11.3 Å². The minimum Gasteiger partial charge on any atom is -0.337 e. The second-order valence-electron chi connectivity index (χ2n) is 6.30. The number of nitrogens with zero attached hydrogens (tertiary/aromatic N) is 1. The van der Waals surface area contributed by atoms with Crippen molar-refractivity contribution in [2.24, 2.45) is 11.8 Å². The van der Waals surface area contributed by atoms with Gasteiger partial charge in [0.15, 0.2) is 0 Å². The van der Waals surface area contributed by atoms with Crippen LogP contribution in [0.4, 0.5) is 4.39 Å². The van der Waals surface area contributed by atoms with Gasteiger partial charge >= 0.3 is 0 Å². The molecule has 0 N–H and O–H groups in total. The third-order valence-corrected chi connectivity index (χ3v) is 5.22. The Morgan fingerprint density at radius 2 is 1.82 bits per heavy atom. The maximum Gasteiger partial charge on any atom is 0.263 e. The fraction of sp³-hybridized carbons (Fsp3) is 0.389. The van der Waals surface area contributed by atoms with Crippen molar-refractivity contribution >= 4 is 17.2 Å². The van der Waals surface area contributed by atoms with E-state index < -0.39 is 0 Å². The minimum atomic E-state index is -0.247. The molecule has 2 atom stereocenters. The van der Waals surface area contributed by atoms with Crippen LogP contribution in [0.5, 0.6) is 0 Å². The summed E-state index contributed by atoms with van der Waals surface area (Å²) in [5, 5.41) is 0. The van der Waals surface area contributed by atoms with E-state index >= 15 is 0 Å². The van der Waals surface area contributed by atoms with Crippen LogP contribution in [-0.2, 0) is 0 Å². The normalized spacial score (nSPS) is 21.9. The van der Waals surface area contributed by atoms with Crippen LogP contribution in [0, 0.1) is 17.7 Å². The molecule has 2 aromatic rings. The summed E-state index contributed by atoms with van der Waals surface area (Å²) >= 11 is 1.37. The highest BCUT2D eigenvalue weighted by Crippen LogP contribution is 2.31. The third-order valence-electron chi connectivity index (χ3n) is 4.11. The molecule has 2 nitrogen and oxygen atoms in total. The van der Waals surface area contributed by atoms with E-state index in [0.717, 1.165) is 18.0 Å². The molecule has 0 bridgehead atoms. The van der Waals surface area contributed by atoms with E-state index in [4.69, 9.17) is 0 Å². The van der Waals surface area contributed by atoms with Crippen molar-refractivity contribution in [1.82, 2.24) is 4.90 Å². The second-order valence-corrected chi connectivity index (χ2v) is 7.38. The van der Waals surface area contributed by atoms with E-state index in [-0.39, 0.29) is 11.7 Å². The molecular weight excluding hydrogens is 297 g/mol. The molecular formula is C18H20FNOS. The SMILES string of the molecule is CC1CC(C)CN(C(=O)c2ccc(-c3ccccc3F)s2)C1. The van der Waals surface area contributed by atoms with Gasteiger partial charge in [0.2, 0.25) is 0 Å². The first-order valence-corrected chi connectivity index (χ1v) is 8.50. The van der Waals surface area contributed by atoms with Gasteiger partial charge in [-0.2, -0.15) is 0 Å². The van der Waals surface area contributed by atoms with Gasteiger partial charge in [0.1, 0.15) is 5.82 Å². The molecule has 1 aromatic carbocycles. The van der Waals surface area contributed by atoms with Crippen molar-refractivity contribution < 1.29 is 9.18 Å². The summed E-state index contributed by atoms with van der Waals surface area (Å²) in [5.74, 6) is 0.909. The Morgan fingerprint density at radius 3 is 2.50 bits per heavy atom. The Bertz CT molecular complexity index is 671. The molecule has 3 rings (SSSR count). The van der Waals surface area contributed by atoms with Crippen molar-refractivity contribution in [2.75, 3.05) is 13.1 Å². The maximum absolute atomic E-state index is 13.9. The van der Waals surface area contributed by atoms with Crippen LogP contribution in [0.3, 0.4) is 0 Å². The molecule has 1 amide bonds. The zero-order chi connectivity index (χ0) is 15.7. The number of piperidine rings is 1. The molecule has 1 saturated heterocycles. The van der Waals surface area contributed by atoms with Gasteiger partial charge in [0.05, 0.1) is 4.88 Å². The predicted molar refractivity (Wildman–Crippen MR) is 88.6 cm³/mol. The number of hydrogen-bond donors (Lipinski definition) is 0. The lowest BCUT2D eigenvalue weighted by atomic mass is 9.92. The van der Waals surface area contributed by atoms with Crippen LogP contribution in [0.25, 0.3) is 10.4 Å². The van der Waals surface area contributed by atoms with E-state index in [1.807, 2.05) is 23.1 Å². The molecule has 0 radical (unpaired) electrons. The minimum absolute atomic E-state index is 0.0750. The molecule has 116 valence electrons. The number of thiophene rings is 1. The Hall–Kier alpha value is -1.68. The van der Waals surface area contributed by atoms with Gasteiger partial charge in [-0.1, -0.05) is 32.0 Å². The van der Waals surface area contributed by atoms with Crippen LogP contribution >= 0.6 is 11.3 Å². The van der Waals surface area contributed by atoms with Gasteiger partial charge < -0.3 is 4.90 Å². The van der Waals surface area contributed by atoms with Crippen LogP contribution in [0.15, 0.2) is 36.4 Å². The summed E-state index contributed by atoms with van der Waals surface area (Å²) in [4.78, 5) is 16.1. The smallest absolute Gasteiger partial charge is 0.263 e. The van der Waals surface area contributed by atoms with E-state index in [2.05, 4.69) is 13.8 Å². The molecule has 2 unspecified atom stereocenters. The fourth-order valence-corrected chi connectivity index (χ4v) is 4.24. The fourth-order valence-electron chi connectivity index (χ4n) is 3.24. The molecule has 0 spiro atoms. The number of amides is 1. The molecule has 4 heteroatoms. The highest BCUT2D eigenvalue weighted by Gasteiger charge is 2.27. The van der Waals surface area contributed by atoms with Crippen molar-refractivity contribution in [3.63, 3.8) is 0 Å². The number of likely N-dealkylation sites (tertiary alicyclic amines) is 1. The monoisotopic (exact) mass is 317 g/mol. The first kappa shape index (κ1) is 15.2. The number of benzene rings is 1. The molecule has 1 aliphatic rings. The summed E-state index contributed by atoms with van der Waals surface area (Å²) in [7, 11) is 0. The number of hydrogen-bond acceptors (Lipinski definition) is 2. The zero-order valence-corrected chi connectivity index (χ0v) is 13.7. The summed E-state index contributed by atoms with van der Waals surface area (Å²) in [6, 6.07) is 10.3. The molecule has 2 heterocycles. The molecule has 1 fully saturated rings. The lowest BCUT2D eigenvalue weighted by Crippen LogP contribution is -2.42. The lowest BCUT2D eigenvalue weighted by molar-refractivity contribution is 0.0628. The van der Waals surface area contributed by atoms with Gasteiger partial charge in [-0.3, -0.25) is 4.79 Å². The van der Waals surface area contributed by atoms with Gasteiger partial charge in [0.25, 0.3) is 5.91 Å². The molecule has 1 aromatic heterocycles. The number of halogens is 1. The Kier molecular flexibility index (Phi) is 4.30. The first-order chi connectivity index (χ1) is 10.5. The van der Waals surface area contributed by atoms with Gasteiger partial charge in [-0.05, 0) is 36.5 Å². The zero-order valence-electron chi connectivity index (χ0n) is 12.9. The molecule has 0 saturated carbocycles. The first-order valence-electron chi connectivity index (χ1n) is 7.68. The van der Waals surface area contributed by atoms with Gasteiger partial charge in [-0.25, -0.2) is 4.39 Å². The van der Waals surface area contributed by atoms with E-state index in [9.17, 15) is 9.18 Å². The number of carbonyl (C=O) groups excluding carboxylic acids is 1. The van der Waals surface area contributed by atoms with Crippen molar-refractivity contribution in [1.29, 1.82) is 0 Å². The number of carbonyl (C=O) groups is 1. The Balaban J connectivity index is 1.82. The van der Waals surface area contributed by atoms with E-state index in [1.165, 1.54) is 23.8 Å². The highest BCUT2D eigenvalue weighted by atomic mass is 32.1. The molecule has 0 aliphatic carbocycles. The predicted octanol–water partition coefficient (Wildman–Crippen LogP) is 4.67. The number of rotatable bonds is 2. The quantitative estimate of drug-likeness (QED) is 0.788. The molecule has 1 aliphatic heterocycles. The average Bonchev–Trinajstić information content (AvgIpc) is 2.95. The van der Waals surface area contributed by atoms with Crippen LogP contribution < -0.4 is 0 Å². The van der Waals surface area contributed by atoms with Crippen molar-refractivity contribution in [2.45, 2.75) is 20.3 Å². The topological polar surface area (TPSA) is 20.3 Å². The van der Waals surface area contributed by atoms with Crippen molar-refractivity contribution in [3.05, 3.63) is 47.1 Å². The summed E-state index contributed by atoms with van der Waals surface area (Å²) < 4.78 is 13.9. The summed E-state index contributed by atoms with van der Waals surface area (Å²) in [6.45, 7) is 6.01. The van der Waals surface area contributed by atoms with Crippen LogP contribution in [-0.4, -0.2) is 23.9 Å². The standard InChI is InChI=1S/C18H20FNOS/c1-12-9-13(2)11-20(10-12)18(21)17-8-7-16(22-17)14-5-3-4-6-15(14)19/h3-8,12-13H,9-11H2,1-2H3. The average molecular weight is 317 g/mol. The van der Waals surface area contributed by atoms with Crippen LogP contribution in [0.1, 0.15) is 29.9 Å². The highest BCUT2D eigenvalue weighted by molar-refractivity contribution is 7.17.